The van der Waals surface area contributed by atoms with Crippen LogP contribution in [0.15, 0.2) is 34.2 Å². The highest BCUT2D eigenvalue weighted by Gasteiger charge is 2.08. The molecule has 1 atom stereocenters. The second-order valence-corrected chi connectivity index (χ2v) is 6.14. The van der Waals surface area contributed by atoms with Crippen LogP contribution in [0.1, 0.15) is 23.4 Å². The zero-order valence-electron chi connectivity index (χ0n) is 11.0. The van der Waals surface area contributed by atoms with Crippen molar-refractivity contribution in [2.75, 3.05) is 13.7 Å². The molecule has 0 amide bonds. The summed E-state index contributed by atoms with van der Waals surface area (Å²) in [6.07, 6.45) is 1.86. The van der Waals surface area contributed by atoms with Gasteiger partial charge in [-0.25, -0.2) is 4.98 Å². The van der Waals surface area contributed by atoms with Gasteiger partial charge in [-0.05, 0) is 23.8 Å². The van der Waals surface area contributed by atoms with E-state index in [2.05, 4.69) is 33.2 Å². The van der Waals surface area contributed by atoms with Crippen LogP contribution in [-0.4, -0.2) is 18.6 Å². The van der Waals surface area contributed by atoms with Gasteiger partial charge in [0.15, 0.2) is 0 Å². The lowest BCUT2D eigenvalue weighted by atomic mass is 10.1. The van der Waals surface area contributed by atoms with Crippen molar-refractivity contribution < 1.29 is 4.74 Å². The van der Waals surface area contributed by atoms with E-state index in [0.717, 1.165) is 23.3 Å². The molecule has 0 fully saturated rings. The third-order valence-corrected chi connectivity index (χ3v) is 4.67. The first-order chi connectivity index (χ1) is 9.20. The first-order valence-electron chi connectivity index (χ1n) is 6.13. The van der Waals surface area contributed by atoms with E-state index in [-0.39, 0.29) is 0 Å². The van der Waals surface area contributed by atoms with Crippen LogP contribution in [0.3, 0.4) is 0 Å². The van der Waals surface area contributed by atoms with Gasteiger partial charge in [-0.1, -0.05) is 22.9 Å². The smallest absolute Gasteiger partial charge is 0.119 e. The molecule has 0 bridgehead atoms. The van der Waals surface area contributed by atoms with Gasteiger partial charge in [-0.15, -0.1) is 11.3 Å². The zero-order chi connectivity index (χ0) is 13.7. The van der Waals surface area contributed by atoms with Crippen LogP contribution >= 0.6 is 27.3 Å². The number of halogens is 1. The number of hydrogen-bond acceptors (Lipinski definition) is 4. The molecule has 5 heteroatoms. The highest BCUT2D eigenvalue weighted by atomic mass is 79.9. The topological polar surface area (TPSA) is 34.1 Å². The van der Waals surface area contributed by atoms with Crippen molar-refractivity contribution >= 4 is 27.3 Å². The highest BCUT2D eigenvalue weighted by Crippen LogP contribution is 2.22. The number of ether oxygens (including phenoxy) is 1. The Balaban J connectivity index is 1.89. The number of aromatic nitrogens is 1. The predicted octanol–water partition coefficient (Wildman–Crippen LogP) is 3.81. The minimum atomic E-state index is 0.435. The number of rotatable bonds is 6. The van der Waals surface area contributed by atoms with Crippen molar-refractivity contribution in [3.63, 3.8) is 0 Å². The quantitative estimate of drug-likeness (QED) is 0.868. The van der Waals surface area contributed by atoms with E-state index >= 15 is 0 Å². The van der Waals surface area contributed by atoms with Gasteiger partial charge in [0, 0.05) is 35.1 Å². The molecule has 1 unspecified atom stereocenters. The summed E-state index contributed by atoms with van der Waals surface area (Å²) in [5.41, 5.74) is 1.20. The predicted molar refractivity (Wildman–Crippen MR) is 82.9 cm³/mol. The Hall–Kier alpha value is -0.910. The monoisotopic (exact) mass is 340 g/mol. The SMILES string of the molecule is COc1ccc(Br)c(CNCC(C)c2nccs2)c1. The molecule has 2 rings (SSSR count). The van der Waals surface area contributed by atoms with E-state index in [4.69, 9.17) is 4.74 Å². The number of methoxy groups -OCH3 is 1. The fraction of sp³-hybridized carbons (Fsp3) is 0.357. The van der Waals surface area contributed by atoms with E-state index in [0.29, 0.717) is 5.92 Å². The molecule has 0 aliphatic rings. The summed E-state index contributed by atoms with van der Waals surface area (Å²) in [5.74, 6) is 1.32. The van der Waals surface area contributed by atoms with E-state index in [1.165, 1.54) is 10.6 Å². The Kier molecular flexibility index (Phi) is 5.36. The summed E-state index contributed by atoms with van der Waals surface area (Å²) in [4.78, 5) is 4.34. The second-order valence-electron chi connectivity index (χ2n) is 4.36. The minimum Gasteiger partial charge on any atom is -0.497 e. The molecule has 0 saturated carbocycles. The minimum absolute atomic E-state index is 0.435. The molecule has 1 heterocycles. The molecule has 0 radical (unpaired) electrons. The highest BCUT2D eigenvalue weighted by molar-refractivity contribution is 9.10. The third-order valence-electron chi connectivity index (χ3n) is 2.89. The number of thiazole rings is 1. The van der Waals surface area contributed by atoms with Crippen molar-refractivity contribution in [1.29, 1.82) is 0 Å². The van der Waals surface area contributed by atoms with Crippen LogP contribution in [0.2, 0.25) is 0 Å². The van der Waals surface area contributed by atoms with Crippen molar-refractivity contribution in [2.45, 2.75) is 19.4 Å². The molecule has 19 heavy (non-hydrogen) atoms. The van der Waals surface area contributed by atoms with Crippen LogP contribution < -0.4 is 10.1 Å². The Morgan fingerprint density at radius 2 is 2.32 bits per heavy atom. The summed E-state index contributed by atoms with van der Waals surface area (Å²) >= 11 is 5.27. The number of hydrogen-bond donors (Lipinski definition) is 1. The molecule has 1 N–H and O–H groups in total. The van der Waals surface area contributed by atoms with Gasteiger partial charge in [0.05, 0.1) is 12.1 Å². The number of nitrogens with zero attached hydrogens (tertiary/aromatic N) is 1. The summed E-state index contributed by atoms with van der Waals surface area (Å²) in [7, 11) is 1.69. The summed E-state index contributed by atoms with van der Waals surface area (Å²) < 4.78 is 6.34. The first-order valence-corrected chi connectivity index (χ1v) is 7.80. The maximum absolute atomic E-state index is 5.24. The molecule has 0 spiro atoms. The van der Waals surface area contributed by atoms with Crippen molar-refractivity contribution in [2.24, 2.45) is 0 Å². The number of benzene rings is 1. The van der Waals surface area contributed by atoms with E-state index < -0.39 is 0 Å². The fourth-order valence-corrected chi connectivity index (χ4v) is 2.89. The van der Waals surface area contributed by atoms with Crippen LogP contribution in [0, 0.1) is 0 Å². The maximum Gasteiger partial charge on any atom is 0.119 e. The molecular weight excluding hydrogens is 324 g/mol. The van der Waals surface area contributed by atoms with Crippen LogP contribution in [0.25, 0.3) is 0 Å². The Bertz CT molecular complexity index is 516. The van der Waals surface area contributed by atoms with Gasteiger partial charge in [0.25, 0.3) is 0 Å². The summed E-state index contributed by atoms with van der Waals surface area (Å²) in [5, 5.41) is 6.66. The molecule has 0 aliphatic carbocycles. The molecule has 102 valence electrons. The van der Waals surface area contributed by atoms with E-state index in [1.54, 1.807) is 18.4 Å². The molecule has 0 aliphatic heterocycles. The van der Waals surface area contributed by atoms with Gasteiger partial charge in [-0.2, -0.15) is 0 Å². The molecule has 2 aromatic rings. The van der Waals surface area contributed by atoms with Crippen molar-refractivity contribution in [3.8, 4) is 5.75 Å². The molecule has 1 aromatic carbocycles. The van der Waals surface area contributed by atoms with E-state index in [1.807, 2.05) is 29.8 Å². The summed E-state index contributed by atoms with van der Waals surface area (Å²) in [6, 6.07) is 6.01. The Labute approximate surface area is 126 Å². The van der Waals surface area contributed by atoms with Gasteiger partial charge in [0.2, 0.25) is 0 Å². The zero-order valence-corrected chi connectivity index (χ0v) is 13.4. The van der Waals surface area contributed by atoms with Gasteiger partial charge >= 0.3 is 0 Å². The molecular formula is C14H17BrN2OS. The lowest BCUT2D eigenvalue weighted by molar-refractivity contribution is 0.414. The fourth-order valence-electron chi connectivity index (χ4n) is 1.80. The Morgan fingerprint density at radius 3 is 3.00 bits per heavy atom. The second kappa shape index (κ2) is 7.03. The van der Waals surface area contributed by atoms with Gasteiger partial charge < -0.3 is 10.1 Å². The average Bonchev–Trinajstić information content (AvgIpc) is 2.95. The van der Waals surface area contributed by atoms with E-state index in [9.17, 15) is 0 Å². The van der Waals surface area contributed by atoms with Crippen LogP contribution in [0.4, 0.5) is 0 Å². The molecule has 3 nitrogen and oxygen atoms in total. The lowest BCUT2D eigenvalue weighted by Crippen LogP contribution is -2.19. The van der Waals surface area contributed by atoms with Gasteiger partial charge in [0.1, 0.15) is 5.75 Å². The normalized spacial score (nSPS) is 12.4. The molecule has 1 aromatic heterocycles. The van der Waals surface area contributed by atoms with Crippen molar-refractivity contribution in [1.82, 2.24) is 10.3 Å². The average molecular weight is 341 g/mol. The molecule has 0 saturated heterocycles. The maximum atomic E-state index is 5.24. The lowest BCUT2D eigenvalue weighted by Gasteiger charge is -2.12. The first kappa shape index (κ1) is 14.5. The Morgan fingerprint density at radius 1 is 1.47 bits per heavy atom. The van der Waals surface area contributed by atoms with Gasteiger partial charge in [-0.3, -0.25) is 0 Å². The standard InChI is InChI=1S/C14H17BrN2OS/c1-10(14-17-5-6-19-14)8-16-9-11-7-12(18-2)3-4-13(11)15/h3-7,10,16H,8-9H2,1-2H3. The largest absolute Gasteiger partial charge is 0.497 e. The van der Waals surface area contributed by atoms with Crippen molar-refractivity contribution in [3.05, 3.63) is 44.8 Å². The number of nitrogens with one attached hydrogen (secondary N) is 1. The van der Waals surface area contributed by atoms with Crippen LogP contribution in [0.5, 0.6) is 5.75 Å². The van der Waals surface area contributed by atoms with Crippen LogP contribution in [-0.2, 0) is 6.54 Å². The third kappa shape index (κ3) is 4.03. The summed E-state index contributed by atoms with van der Waals surface area (Å²) in [6.45, 7) is 3.91.